The number of hydrogen-bond acceptors (Lipinski definition) is 5. The lowest BCUT2D eigenvalue weighted by molar-refractivity contribution is -0.121. The number of anilines is 1. The third kappa shape index (κ3) is 4.62. The van der Waals surface area contributed by atoms with Gasteiger partial charge in [-0.15, -0.1) is 0 Å². The van der Waals surface area contributed by atoms with E-state index >= 15 is 0 Å². The van der Waals surface area contributed by atoms with Crippen molar-refractivity contribution >= 4 is 40.9 Å². The van der Waals surface area contributed by atoms with Crippen LogP contribution in [0.1, 0.15) is 5.56 Å². The first-order chi connectivity index (χ1) is 16.6. The van der Waals surface area contributed by atoms with Gasteiger partial charge < -0.3 is 4.90 Å². The van der Waals surface area contributed by atoms with Gasteiger partial charge in [-0.05, 0) is 29.8 Å². The predicted octanol–water partition coefficient (Wildman–Crippen LogP) is 5.03. The Balaban J connectivity index is 1.41. The molecule has 0 N–H and O–H groups in total. The molecule has 5 rings (SSSR count). The van der Waals surface area contributed by atoms with E-state index in [1.165, 1.54) is 22.2 Å². The van der Waals surface area contributed by atoms with Gasteiger partial charge in [0.2, 0.25) is 0 Å². The lowest BCUT2D eigenvalue weighted by atomic mass is 10.2. The molecular weight excluding hydrogens is 466 g/mol. The highest BCUT2D eigenvalue weighted by molar-refractivity contribution is 8.04. The van der Waals surface area contributed by atoms with Gasteiger partial charge in [0.15, 0.2) is 0 Å². The van der Waals surface area contributed by atoms with Crippen molar-refractivity contribution in [3.05, 3.63) is 106 Å². The van der Waals surface area contributed by atoms with Crippen LogP contribution in [0.5, 0.6) is 0 Å². The van der Waals surface area contributed by atoms with E-state index in [2.05, 4.69) is 34.1 Å². The van der Waals surface area contributed by atoms with Crippen LogP contribution < -0.4 is 4.90 Å². The van der Waals surface area contributed by atoms with Gasteiger partial charge in [-0.25, -0.2) is 4.90 Å². The number of carbonyl (C=O) groups excluding carboxylic acids is 2. The van der Waals surface area contributed by atoms with E-state index < -0.39 is 0 Å². The maximum Gasteiger partial charge on any atom is 0.283 e. The van der Waals surface area contributed by atoms with Gasteiger partial charge in [-0.1, -0.05) is 84.0 Å². The highest BCUT2D eigenvalue weighted by Gasteiger charge is 2.43. The number of rotatable bonds is 6. The van der Waals surface area contributed by atoms with Crippen LogP contribution in [0.2, 0.25) is 5.02 Å². The smallest absolute Gasteiger partial charge is 0.283 e. The minimum absolute atomic E-state index is 0.312. The Morgan fingerprint density at radius 1 is 0.735 bits per heavy atom. The Morgan fingerprint density at radius 2 is 1.35 bits per heavy atom. The molecule has 0 atom stereocenters. The minimum Gasteiger partial charge on any atom is -0.363 e. The number of halogens is 1. The molecule has 0 spiro atoms. The Hall–Kier alpha value is -3.06. The fourth-order valence-corrected chi connectivity index (χ4v) is 5.54. The van der Waals surface area contributed by atoms with Crippen LogP contribution >= 0.6 is 23.4 Å². The van der Waals surface area contributed by atoms with E-state index in [1.54, 1.807) is 24.3 Å². The average Bonchev–Trinajstić information content (AvgIpc) is 3.10. The maximum atomic E-state index is 13.7. The molecule has 0 aromatic heterocycles. The van der Waals surface area contributed by atoms with Crippen LogP contribution in [0.25, 0.3) is 0 Å². The number of benzene rings is 3. The lowest BCUT2D eigenvalue weighted by Crippen LogP contribution is -2.47. The Bertz CT molecular complexity index is 1220. The summed E-state index contributed by atoms with van der Waals surface area (Å²) in [6.07, 6.45) is 0. The van der Waals surface area contributed by atoms with Crippen LogP contribution in [0, 0.1) is 0 Å². The monoisotopic (exact) mass is 489 g/mol. The molecule has 2 heterocycles. The number of thioether (sulfide) groups is 1. The van der Waals surface area contributed by atoms with Crippen molar-refractivity contribution in [3.8, 4) is 0 Å². The van der Waals surface area contributed by atoms with E-state index in [0.29, 0.717) is 34.4 Å². The van der Waals surface area contributed by atoms with Crippen molar-refractivity contribution in [2.45, 2.75) is 11.4 Å². The molecule has 0 saturated carbocycles. The standard InChI is InChI=1S/C27H24ClN3O2S/c28-22-13-7-8-14-23(22)31-26(32)24(25(27(31)33)34-21-11-5-2-6-12-21)30-17-15-29(16-18-30)19-20-9-3-1-4-10-20/h1-14H,15-19H2. The molecule has 3 aromatic rings. The largest absolute Gasteiger partial charge is 0.363 e. The second-order valence-electron chi connectivity index (χ2n) is 8.24. The summed E-state index contributed by atoms with van der Waals surface area (Å²) in [7, 11) is 0. The molecule has 2 aliphatic heterocycles. The van der Waals surface area contributed by atoms with E-state index in [-0.39, 0.29) is 11.8 Å². The number of amides is 2. The normalized spacial score (nSPS) is 17.1. The van der Waals surface area contributed by atoms with Gasteiger partial charge in [0.05, 0.1) is 10.7 Å². The third-order valence-electron chi connectivity index (χ3n) is 6.01. The summed E-state index contributed by atoms with van der Waals surface area (Å²) in [5.41, 5.74) is 2.16. The number of piperazine rings is 1. The lowest BCUT2D eigenvalue weighted by Gasteiger charge is -2.36. The molecule has 1 fully saturated rings. The number of hydrogen-bond donors (Lipinski definition) is 0. The zero-order valence-electron chi connectivity index (χ0n) is 18.6. The maximum absolute atomic E-state index is 13.7. The Kier molecular flexibility index (Phi) is 6.72. The van der Waals surface area contributed by atoms with Gasteiger partial charge >= 0.3 is 0 Å². The van der Waals surface area contributed by atoms with Crippen molar-refractivity contribution in [2.24, 2.45) is 0 Å². The number of nitrogens with zero attached hydrogens (tertiary/aromatic N) is 3. The van der Waals surface area contributed by atoms with Gasteiger partial charge in [0.1, 0.15) is 10.6 Å². The van der Waals surface area contributed by atoms with Gasteiger partial charge in [0.25, 0.3) is 11.8 Å². The van der Waals surface area contributed by atoms with Crippen molar-refractivity contribution in [1.82, 2.24) is 9.80 Å². The fourth-order valence-electron chi connectivity index (χ4n) is 4.30. The molecule has 2 aliphatic rings. The van der Waals surface area contributed by atoms with E-state index in [1.807, 2.05) is 36.4 Å². The van der Waals surface area contributed by atoms with Gasteiger partial charge in [-0.3, -0.25) is 14.5 Å². The summed E-state index contributed by atoms with van der Waals surface area (Å²) in [6.45, 7) is 3.86. The molecule has 172 valence electrons. The van der Waals surface area contributed by atoms with Crippen molar-refractivity contribution in [2.75, 3.05) is 31.1 Å². The third-order valence-corrected chi connectivity index (χ3v) is 7.41. The SMILES string of the molecule is O=C1C(Sc2ccccc2)=C(N2CCN(Cc3ccccc3)CC2)C(=O)N1c1ccccc1Cl. The molecule has 0 bridgehead atoms. The first kappa shape index (κ1) is 22.7. The molecule has 0 unspecified atom stereocenters. The summed E-state index contributed by atoms with van der Waals surface area (Å²) in [6, 6.07) is 27.0. The van der Waals surface area contributed by atoms with Crippen LogP contribution in [0.4, 0.5) is 5.69 Å². The quantitative estimate of drug-likeness (QED) is 0.454. The van der Waals surface area contributed by atoms with Gasteiger partial charge in [0, 0.05) is 37.6 Å². The molecule has 34 heavy (non-hydrogen) atoms. The molecule has 2 amide bonds. The molecule has 0 radical (unpaired) electrons. The topological polar surface area (TPSA) is 43.9 Å². The zero-order chi connectivity index (χ0) is 23.5. The van der Waals surface area contributed by atoms with Crippen molar-refractivity contribution in [1.29, 1.82) is 0 Å². The molecule has 1 saturated heterocycles. The minimum atomic E-state index is -0.325. The van der Waals surface area contributed by atoms with Crippen LogP contribution in [-0.4, -0.2) is 47.8 Å². The van der Waals surface area contributed by atoms with E-state index in [4.69, 9.17) is 11.6 Å². The Labute approximate surface area is 208 Å². The van der Waals surface area contributed by atoms with E-state index in [9.17, 15) is 9.59 Å². The molecule has 7 heteroatoms. The first-order valence-electron chi connectivity index (χ1n) is 11.2. The predicted molar refractivity (Wildman–Crippen MR) is 137 cm³/mol. The summed E-state index contributed by atoms with van der Waals surface area (Å²) in [4.78, 5) is 34.3. The van der Waals surface area contributed by atoms with Crippen LogP contribution in [0.3, 0.4) is 0 Å². The number of carbonyl (C=O) groups is 2. The Morgan fingerprint density at radius 3 is 2.03 bits per heavy atom. The van der Waals surface area contributed by atoms with Crippen molar-refractivity contribution < 1.29 is 9.59 Å². The summed E-state index contributed by atoms with van der Waals surface area (Å²) >= 11 is 7.72. The highest BCUT2D eigenvalue weighted by Crippen LogP contribution is 2.40. The fraction of sp³-hybridized carbons (Fsp3) is 0.185. The van der Waals surface area contributed by atoms with Crippen LogP contribution in [-0.2, 0) is 16.1 Å². The number of para-hydroxylation sites is 1. The molecule has 3 aromatic carbocycles. The molecular formula is C27H24ClN3O2S. The molecule has 0 aliphatic carbocycles. The zero-order valence-corrected chi connectivity index (χ0v) is 20.1. The second kappa shape index (κ2) is 10.1. The summed E-state index contributed by atoms with van der Waals surface area (Å²) in [5, 5.41) is 0.377. The highest BCUT2D eigenvalue weighted by atomic mass is 35.5. The van der Waals surface area contributed by atoms with Crippen molar-refractivity contribution in [3.63, 3.8) is 0 Å². The average molecular weight is 490 g/mol. The van der Waals surface area contributed by atoms with Gasteiger partial charge in [-0.2, -0.15) is 0 Å². The summed E-state index contributed by atoms with van der Waals surface area (Å²) < 4.78 is 0. The van der Waals surface area contributed by atoms with Crippen LogP contribution in [0.15, 0.2) is 100 Å². The van der Waals surface area contributed by atoms with E-state index in [0.717, 1.165) is 24.5 Å². The number of imide groups is 1. The molecule has 5 nitrogen and oxygen atoms in total. The summed E-state index contributed by atoms with van der Waals surface area (Å²) in [5.74, 6) is -0.637. The first-order valence-corrected chi connectivity index (χ1v) is 12.4. The second-order valence-corrected chi connectivity index (χ2v) is 9.73.